The number of ether oxygens (including phenoxy) is 3. The van der Waals surface area contributed by atoms with Gasteiger partial charge in [0, 0.05) is 13.2 Å². The summed E-state index contributed by atoms with van der Waals surface area (Å²) in [6.07, 6.45) is 13.7. The molecule has 0 aromatic carbocycles. The number of hydrogen-bond donors (Lipinski definition) is 0. The zero-order valence-corrected chi connectivity index (χ0v) is 14.2. The van der Waals surface area contributed by atoms with Gasteiger partial charge in [0.05, 0.1) is 26.4 Å². The zero-order valence-electron chi connectivity index (χ0n) is 14.2. The average Bonchev–Trinajstić information content (AvgIpc) is 2.50. The van der Waals surface area contributed by atoms with Gasteiger partial charge in [-0.25, -0.2) is 0 Å². The van der Waals surface area contributed by atoms with E-state index >= 15 is 0 Å². The summed E-state index contributed by atoms with van der Waals surface area (Å²) in [5.74, 6) is 0. The van der Waals surface area contributed by atoms with Crippen LogP contribution in [0.5, 0.6) is 0 Å². The summed E-state index contributed by atoms with van der Waals surface area (Å²) in [4.78, 5) is 0. The molecule has 0 aromatic rings. The van der Waals surface area contributed by atoms with Crippen molar-refractivity contribution in [2.75, 3.05) is 39.6 Å². The Balaban J connectivity index is 2.90. The highest BCUT2D eigenvalue weighted by Crippen LogP contribution is 2.10. The molecule has 21 heavy (non-hydrogen) atoms. The molecule has 0 aliphatic carbocycles. The molecule has 0 aliphatic heterocycles. The summed E-state index contributed by atoms with van der Waals surface area (Å²) in [7, 11) is 0. The maximum atomic E-state index is 5.53. The van der Waals surface area contributed by atoms with E-state index < -0.39 is 0 Å². The van der Waals surface area contributed by atoms with Crippen LogP contribution in [0, 0.1) is 6.92 Å². The van der Waals surface area contributed by atoms with Gasteiger partial charge in [0.2, 0.25) is 0 Å². The van der Waals surface area contributed by atoms with Crippen LogP contribution in [0.1, 0.15) is 71.1 Å². The number of hydrogen-bond acceptors (Lipinski definition) is 3. The van der Waals surface area contributed by atoms with E-state index in [2.05, 4.69) is 13.8 Å². The Hall–Kier alpha value is -0.120. The maximum absolute atomic E-state index is 5.53. The van der Waals surface area contributed by atoms with Gasteiger partial charge >= 0.3 is 0 Å². The predicted octanol–water partition coefficient (Wildman–Crippen LogP) is 4.79. The third kappa shape index (κ3) is 19.9. The fourth-order valence-electron chi connectivity index (χ4n) is 2.23. The number of unbranched alkanes of at least 4 members (excludes halogenated alkanes) is 9. The first-order chi connectivity index (χ1) is 10.4. The van der Waals surface area contributed by atoms with Crippen LogP contribution in [0.2, 0.25) is 0 Å². The van der Waals surface area contributed by atoms with Crippen molar-refractivity contribution in [2.24, 2.45) is 0 Å². The van der Waals surface area contributed by atoms with Gasteiger partial charge in [0.15, 0.2) is 0 Å². The van der Waals surface area contributed by atoms with E-state index in [1.54, 1.807) is 0 Å². The smallest absolute Gasteiger partial charge is 0.0701 e. The highest BCUT2D eigenvalue weighted by Gasteiger charge is 1.94. The lowest BCUT2D eigenvalue weighted by atomic mass is 10.1. The van der Waals surface area contributed by atoms with Gasteiger partial charge in [0.25, 0.3) is 0 Å². The topological polar surface area (TPSA) is 27.7 Å². The van der Waals surface area contributed by atoms with Gasteiger partial charge in [0.1, 0.15) is 0 Å². The van der Waals surface area contributed by atoms with Gasteiger partial charge in [-0.1, -0.05) is 64.7 Å². The molecule has 0 heterocycles. The van der Waals surface area contributed by atoms with Crippen LogP contribution in [0.15, 0.2) is 0 Å². The van der Waals surface area contributed by atoms with Gasteiger partial charge in [-0.15, -0.1) is 0 Å². The fourth-order valence-corrected chi connectivity index (χ4v) is 2.23. The lowest BCUT2D eigenvalue weighted by molar-refractivity contribution is 0.0185. The third-order valence-corrected chi connectivity index (χ3v) is 3.53. The van der Waals surface area contributed by atoms with E-state index in [0.717, 1.165) is 6.61 Å². The monoisotopic (exact) mass is 301 g/mol. The van der Waals surface area contributed by atoms with Crippen molar-refractivity contribution in [3.05, 3.63) is 6.92 Å². The van der Waals surface area contributed by atoms with E-state index in [-0.39, 0.29) is 0 Å². The predicted molar refractivity (Wildman–Crippen MR) is 89.7 cm³/mol. The lowest BCUT2D eigenvalue weighted by Crippen LogP contribution is -2.09. The first-order valence-electron chi connectivity index (χ1n) is 8.94. The minimum atomic E-state index is 0.513. The van der Waals surface area contributed by atoms with Gasteiger partial charge in [-0.3, -0.25) is 0 Å². The van der Waals surface area contributed by atoms with Crippen LogP contribution in [0.4, 0.5) is 0 Å². The molecule has 0 atom stereocenters. The molecule has 0 rings (SSSR count). The van der Waals surface area contributed by atoms with Crippen molar-refractivity contribution >= 4 is 0 Å². The summed E-state index contributed by atoms with van der Waals surface area (Å²) in [5.41, 5.74) is 0. The Morgan fingerprint density at radius 1 is 0.524 bits per heavy atom. The summed E-state index contributed by atoms with van der Waals surface area (Å²) in [5, 5.41) is 0. The maximum Gasteiger partial charge on any atom is 0.0701 e. The Morgan fingerprint density at radius 3 is 1.48 bits per heavy atom. The van der Waals surface area contributed by atoms with Crippen molar-refractivity contribution < 1.29 is 14.2 Å². The van der Waals surface area contributed by atoms with E-state index in [1.165, 1.54) is 64.2 Å². The molecule has 0 amide bonds. The Morgan fingerprint density at radius 2 is 0.952 bits per heavy atom. The molecule has 0 aromatic heterocycles. The minimum Gasteiger partial charge on any atom is -0.379 e. The first-order valence-corrected chi connectivity index (χ1v) is 8.94. The van der Waals surface area contributed by atoms with Crippen LogP contribution in [-0.2, 0) is 14.2 Å². The highest BCUT2D eigenvalue weighted by atomic mass is 16.5. The molecule has 0 fully saturated rings. The van der Waals surface area contributed by atoms with E-state index in [4.69, 9.17) is 14.2 Å². The summed E-state index contributed by atoms with van der Waals surface area (Å²) in [6.45, 7) is 9.87. The molecule has 0 N–H and O–H groups in total. The molecular weight excluding hydrogens is 264 g/mol. The van der Waals surface area contributed by atoms with Crippen LogP contribution < -0.4 is 0 Å². The Labute approximate surface area is 132 Å². The van der Waals surface area contributed by atoms with Crippen molar-refractivity contribution in [1.29, 1.82) is 0 Å². The van der Waals surface area contributed by atoms with Crippen LogP contribution >= 0.6 is 0 Å². The minimum absolute atomic E-state index is 0.513. The van der Waals surface area contributed by atoms with Crippen LogP contribution in [0.3, 0.4) is 0 Å². The quantitative estimate of drug-likeness (QED) is 0.341. The molecule has 0 bridgehead atoms. The molecule has 0 saturated heterocycles. The normalized spacial score (nSPS) is 11.1. The zero-order chi connectivity index (χ0) is 15.4. The Kier molecular flexibility index (Phi) is 19.8. The van der Waals surface area contributed by atoms with Gasteiger partial charge in [-0.05, 0) is 13.3 Å². The number of rotatable bonds is 18. The molecule has 3 nitrogen and oxygen atoms in total. The second-order valence-electron chi connectivity index (χ2n) is 5.52. The van der Waals surface area contributed by atoms with Gasteiger partial charge < -0.3 is 14.2 Å². The second kappa shape index (κ2) is 19.9. The summed E-state index contributed by atoms with van der Waals surface area (Å²) in [6, 6.07) is 0. The molecule has 0 saturated carbocycles. The standard InChI is InChI=1S/C18H37O3/c1-3-5-6-7-8-9-10-11-12-13-14-20-17-18-21-16-15-19-4-2/h2-18H2,1H3. The largest absolute Gasteiger partial charge is 0.379 e. The molecule has 0 unspecified atom stereocenters. The van der Waals surface area contributed by atoms with E-state index in [9.17, 15) is 0 Å². The average molecular weight is 301 g/mol. The second-order valence-corrected chi connectivity index (χ2v) is 5.52. The Bertz CT molecular complexity index is 156. The molecule has 1 radical (unpaired) electrons. The molecule has 0 aliphatic rings. The van der Waals surface area contributed by atoms with Crippen LogP contribution in [0.25, 0.3) is 0 Å². The lowest BCUT2D eigenvalue weighted by Gasteiger charge is -2.06. The van der Waals surface area contributed by atoms with Gasteiger partial charge in [-0.2, -0.15) is 0 Å². The third-order valence-electron chi connectivity index (χ3n) is 3.53. The van der Waals surface area contributed by atoms with Crippen molar-refractivity contribution in [3.8, 4) is 0 Å². The molecule has 127 valence electrons. The molecule has 0 spiro atoms. The SMILES string of the molecule is [CH2]COCCOCCOCCCCCCCCCCCC. The van der Waals surface area contributed by atoms with Crippen molar-refractivity contribution in [1.82, 2.24) is 0 Å². The summed E-state index contributed by atoms with van der Waals surface area (Å²) < 4.78 is 16.0. The van der Waals surface area contributed by atoms with Crippen molar-refractivity contribution in [2.45, 2.75) is 71.1 Å². The van der Waals surface area contributed by atoms with Crippen LogP contribution in [-0.4, -0.2) is 39.6 Å². The summed E-state index contributed by atoms with van der Waals surface area (Å²) >= 11 is 0. The first kappa shape index (κ1) is 20.9. The fraction of sp³-hybridized carbons (Fsp3) is 0.944. The molecular formula is C18H37O3. The van der Waals surface area contributed by atoms with E-state index in [0.29, 0.717) is 33.0 Å². The molecule has 3 heteroatoms. The highest BCUT2D eigenvalue weighted by molar-refractivity contribution is 4.47. The van der Waals surface area contributed by atoms with Crippen molar-refractivity contribution in [3.63, 3.8) is 0 Å². The van der Waals surface area contributed by atoms with E-state index in [1.807, 2.05) is 0 Å².